The van der Waals surface area contributed by atoms with Gasteiger partial charge in [-0.2, -0.15) is 0 Å². The third-order valence-corrected chi connectivity index (χ3v) is 5.58. The van der Waals surface area contributed by atoms with Crippen LogP contribution >= 0.6 is 11.3 Å². The van der Waals surface area contributed by atoms with Crippen molar-refractivity contribution >= 4 is 16.5 Å². The Morgan fingerprint density at radius 3 is 2.95 bits per heavy atom. The molecule has 5 heteroatoms. The highest BCUT2D eigenvalue weighted by Crippen LogP contribution is 2.36. The van der Waals surface area contributed by atoms with Gasteiger partial charge in [0.15, 0.2) is 5.13 Å². The van der Waals surface area contributed by atoms with Crippen molar-refractivity contribution in [3.8, 4) is 0 Å². The molecular weight excluding hydrogens is 282 g/mol. The molecule has 1 aliphatic carbocycles. The van der Waals surface area contributed by atoms with Crippen LogP contribution in [0.1, 0.15) is 50.6 Å². The quantitative estimate of drug-likeness (QED) is 0.931. The van der Waals surface area contributed by atoms with Crippen molar-refractivity contribution in [2.45, 2.75) is 71.2 Å². The molecule has 1 saturated carbocycles. The van der Waals surface area contributed by atoms with Crippen LogP contribution < -0.4 is 10.2 Å². The maximum Gasteiger partial charge on any atom is 0.186 e. The number of thiazole rings is 1. The molecule has 1 aliphatic heterocycles. The van der Waals surface area contributed by atoms with Crippen molar-refractivity contribution in [1.29, 1.82) is 0 Å². The number of morpholine rings is 1. The van der Waals surface area contributed by atoms with Crippen LogP contribution in [0.5, 0.6) is 0 Å². The Kier molecular flexibility index (Phi) is 4.26. The van der Waals surface area contributed by atoms with E-state index in [0.717, 1.165) is 19.7 Å². The molecule has 3 rings (SSSR count). The molecule has 1 aromatic rings. The van der Waals surface area contributed by atoms with E-state index in [1.54, 1.807) is 0 Å². The predicted octanol–water partition coefficient (Wildman–Crippen LogP) is 3.10. The number of aryl methyl sites for hydroxylation is 1. The van der Waals surface area contributed by atoms with Crippen molar-refractivity contribution in [3.63, 3.8) is 0 Å². The van der Waals surface area contributed by atoms with Gasteiger partial charge in [0.25, 0.3) is 0 Å². The smallest absolute Gasteiger partial charge is 0.186 e. The summed E-state index contributed by atoms with van der Waals surface area (Å²) in [6.07, 6.45) is 4.18. The zero-order valence-electron chi connectivity index (χ0n) is 13.6. The first kappa shape index (κ1) is 15.3. The van der Waals surface area contributed by atoms with Crippen LogP contribution in [0.25, 0.3) is 0 Å². The van der Waals surface area contributed by atoms with Crippen LogP contribution in [0.4, 0.5) is 5.13 Å². The summed E-state index contributed by atoms with van der Waals surface area (Å²) in [6.45, 7) is 11.5. The molecule has 0 amide bonds. The molecule has 21 heavy (non-hydrogen) atoms. The molecule has 2 aliphatic rings. The van der Waals surface area contributed by atoms with Crippen molar-refractivity contribution in [1.82, 2.24) is 10.3 Å². The maximum atomic E-state index is 5.91. The zero-order valence-corrected chi connectivity index (χ0v) is 14.4. The fraction of sp³-hybridized carbons (Fsp3) is 0.812. The SMILES string of the molecule is Cc1nc(N2CCOC3CCCC32)sc1CNC(C)(C)C. The molecule has 0 spiro atoms. The largest absolute Gasteiger partial charge is 0.374 e. The average molecular weight is 309 g/mol. The average Bonchev–Trinajstić information content (AvgIpc) is 3.01. The second-order valence-electron chi connectivity index (χ2n) is 7.21. The van der Waals surface area contributed by atoms with Gasteiger partial charge in [-0.25, -0.2) is 4.98 Å². The standard InChI is InChI=1S/C16H27N3OS/c1-11-14(10-17-16(2,3)4)21-15(18-11)19-8-9-20-13-7-5-6-12(13)19/h12-13,17H,5-10H2,1-4H3. The lowest BCUT2D eigenvalue weighted by Gasteiger charge is -2.37. The van der Waals surface area contributed by atoms with Crippen molar-refractivity contribution in [3.05, 3.63) is 10.6 Å². The Morgan fingerprint density at radius 2 is 2.19 bits per heavy atom. The summed E-state index contributed by atoms with van der Waals surface area (Å²) in [5, 5.41) is 4.76. The normalized spacial score (nSPS) is 26.2. The Morgan fingerprint density at radius 1 is 1.38 bits per heavy atom. The zero-order chi connectivity index (χ0) is 15.0. The highest BCUT2D eigenvalue weighted by molar-refractivity contribution is 7.15. The van der Waals surface area contributed by atoms with Gasteiger partial charge >= 0.3 is 0 Å². The van der Waals surface area contributed by atoms with Gasteiger partial charge in [-0.1, -0.05) is 0 Å². The summed E-state index contributed by atoms with van der Waals surface area (Å²) < 4.78 is 5.91. The minimum atomic E-state index is 0.145. The minimum absolute atomic E-state index is 0.145. The van der Waals surface area contributed by atoms with Gasteiger partial charge in [0, 0.05) is 23.5 Å². The van der Waals surface area contributed by atoms with Gasteiger partial charge in [-0.05, 0) is 47.0 Å². The predicted molar refractivity (Wildman–Crippen MR) is 88.2 cm³/mol. The van der Waals surface area contributed by atoms with Crippen LogP contribution in [0.3, 0.4) is 0 Å². The van der Waals surface area contributed by atoms with E-state index in [2.05, 4.69) is 37.9 Å². The summed E-state index contributed by atoms with van der Waals surface area (Å²) in [7, 11) is 0. The molecule has 118 valence electrons. The molecule has 4 nitrogen and oxygen atoms in total. The van der Waals surface area contributed by atoms with Gasteiger partial charge in [0.05, 0.1) is 24.4 Å². The lowest BCUT2D eigenvalue weighted by molar-refractivity contribution is 0.0256. The summed E-state index contributed by atoms with van der Waals surface area (Å²) >= 11 is 1.85. The molecule has 2 unspecified atom stereocenters. The van der Waals surface area contributed by atoms with E-state index in [1.165, 1.54) is 35.0 Å². The number of aromatic nitrogens is 1. The third-order valence-electron chi connectivity index (χ3n) is 4.39. The minimum Gasteiger partial charge on any atom is -0.374 e. The van der Waals surface area contributed by atoms with E-state index in [4.69, 9.17) is 9.72 Å². The number of nitrogens with zero attached hydrogens (tertiary/aromatic N) is 2. The van der Waals surface area contributed by atoms with Gasteiger partial charge in [-0.3, -0.25) is 0 Å². The molecule has 0 bridgehead atoms. The van der Waals surface area contributed by atoms with E-state index in [0.29, 0.717) is 12.1 Å². The van der Waals surface area contributed by atoms with Crippen LogP contribution in [0.15, 0.2) is 0 Å². The number of fused-ring (bicyclic) bond motifs is 1. The van der Waals surface area contributed by atoms with Crippen molar-refractivity contribution in [2.75, 3.05) is 18.1 Å². The maximum absolute atomic E-state index is 5.91. The van der Waals surface area contributed by atoms with E-state index in [-0.39, 0.29) is 5.54 Å². The summed E-state index contributed by atoms with van der Waals surface area (Å²) in [5.74, 6) is 0. The van der Waals surface area contributed by atoms with Gasteiger partial charge in [0.1, 0.15) is 0 Å². The van der Waals surface area contributed by atoms with E-state index < -0.39 is 0 Å². The Bertz CT molecular complexity index is 494. The number of hydrogen-bond acceptors (Lipinski definition) is 5. The lowest BCUT2D eigenvalue weighted by Crippen LogP contribution is -2.48. The van der Waals surface area contributed by atoms with Crippen LogP contribution in [-0.2, 0) is 11.3 Å². The first-order valence-electron chi connectivity index (χ1n) is 8.03. The summed E-state index contributed by atoms with van der Waals surface area (Å²) in [6, 6.07) is 0.549. The third kappa shape index (κ3) is 3.41. The number of rotatable bonds is 3. The number of anilines is 1. The Hall–Kier alpha value is -0.650. The second-order valence-corrected chi connectivity index (χ2v) is 8.27. The van der Waals surface area contributed by atoms with Crippen LogP contribution in [0, 0.1) is 6.92 Å². The Labute approximate surface area is 131 Å². The number of hydrogen-bond donors (Lipinski definition) is 1. The molecule has 1 aromatic heterocycles. The van der Waals surface area contributed by atoms with Crippen molar-refractivity contribution < 1.29 is 4.74 Å². The molecular formula is C16H27N3OS. The monoisotopic (exact) mass is 309 g/mol. The molecule has 2 fully saturated rings. The van der Waals surface area contributed by atoms with E-state index >= 15 is 0 Å². The summed E-state index contributed by atoms with van der Waals surface area (Å²) in [5.41, 5.74) is 1.32. The number of nitrogens with one attached hydrogen (secondary N) is 1. The van der Waals surface area contributed by atoms with Crippen LogP contribution in [0.2, 0.25) is 0 Å². The molecule has 2 atom stereocenters. The Balaban J connectivity index is 1.73. The fourth-order valence-electron chi connectivity index (χ4n) is 3.21. The first-order chi connectivity index (χ1) is 9.94. The molecule has 2 heterocycles. The topological polar surface area (TPSA) is 37.4 Å². The first-order valence-corrected chi connectivity index (χ1v) is 8.85. The fourth-order valence-corrected chi connectivity index (χ4v) is 4.29. The van der Waals surface area contributed by atoms with Gasteiger partial charge in [0.2, 0.25) is 0 Å². The summed E-state index contributed by atoms with van der Waals surface area (Å²) in [4.78, 5) is 8.71. The second kappa shape index (κ2) is 5.86. The number of ether oxygens (including phenoxy) is 1. The van der Waals surface area contributed by atoms with Crippen LogP contribution in [-0.4, -0.2) is 35.8 Å². The van der Waals surface area contributed by atoms with E-state index in [1.807, 2.05) is 11.3 Å². The molecule has 0 radical (unpaired) electrons. The lowest BCUT2D eigenvalue weighted by atomic mass is 10.1. The van der Waals surface area contributed by atoms with Crippen molar-refractivity contribution in [2.24, 2.45) is 0 Å². The molecule has 1 N–H and O–H groups in total. The highest BCUT2D eigenvalue weighted by atomic mass is 32.1. The van der Waals surface area contributed by atoms with Gasteiger partial charge in [-0.15, -0.1) is 11.3 Å². The molecule has 0 aromatic carbocycles. The van der Waals surface area contributed by atoms with Gasteiger partial charge < -0.3 is 15.0 Å². The molecule has 1 saturated heterocycles. The van der Waals surface area contributed by atoms with E-state index in [9.17, 15) is 0 Å². The highest BCUT2D eigenvalue weighted by Gasteiger charge is 2.37.